The first kappa shape index (κ1) is 19.1. The number of carbonyl (C=O) groups is 2. The normalized spacial score (nSPS) is 39.3. The first-order valence-corrected chi connectivity index (χ1v) is 9.16. The predicted octanol–water partition coefficient (Wildman–Crippen LogP) is 0.473. The number of carboxylic acid groups (broad SMARTS) is 1. The van der Waals surface area contributed by atoms with Crippen molar-refractivity contribution in [2.24, 2.45) is 23.7 Å². The molecule has 1 aliphatic heterocycles. The first-order valence-electron chi connectivity index (χ1n) is 9.16. The Labute approximate surface area is 152 Å². The van der Waals surface area contributed by atoms with Crippen molar-refractivity contribution in [3.63, 3.8) is 0 Å². The third-order valence-corrected chi connectivity index (χ3v) is 6.07. The fourth-order valence-electron chi connectivity index (χ4n) is 4.76. The lowest BCUT2D eigenvalue weighted by molar-refractivity contribution is -0.145. The highest BCUT2D eigenvalue weighted by molar-refractivity contribution is 5.76. The molecule has 144 valence electrons. The van der Waals surface area contributed by atoms with Gasteiger partial charge in [-0.15, -0.1) is 0 Å². The summed E-state index contributed by atoms with van der Waals surface area (Å²) in [6.07, 6.45) is -0.444. The number of fused-ring (bicyclic) bond motifs is 3. The molecule has 0 aromatic heterocycles. The summed E-state index contributed by atoms with van der Waals surface area (Å²) in [6.45, 7) is 8.89. The second kappa shape index (κ2) is 7.50. The summed E-state index contributed by atoms with van der Waals surface area (Å²) in [4.78, 5) is 23.0. The van der Waals surface area contributed by atoms with Crippen molar-refractivity contribution in [2.45, 2.75) is 44.0 Å². The van der Waals surface area contributed by atoms with Crippen molar-refractivity contribution < 1.29 is 29.6 Å². The van der Waals surface area contributed by atoms with Crippen LogP contribution in [-0.2, 0) is 14.3 Å². The summed E-state index contributed by atoms with van der Waals surface area (Å²) in [5.41, 5.74) is 1.53. The highest BCUT2D eigenvalue weighted by atomic mass is 16.6. The number of nitrogens with one attached hydrogen (secondary N) is 1. The molecule has 7 heteroatoms. The molecule has 0 aromatic carbocycles. The van der Waals surface area contributed by atoms with E-state index in [1.165, 1.54) is 0 Å². The van der Waals surface area contributed by atoms with Crippen LogP contribution in [0.15, 0.2) is 24.3 Å². The Morgan fingerprint density at radius 1 is 1.31 bits per heavy atom. The molecule has 4 N–H and O–H groups in total. The van der Waals surface area contributed by atoms with Gasteiger partial charge in [-0.2, -0.15) is 0 Å². The zero-order chi connectivity index (χ0) is 19.0. The average molecular weight is 365 g/mol. The SMILES string of the molecule is C=C1[C@@H]2[C@H]3OC(=O)[C@@H](CNCCCC(=O)O)[C@@H]3[C@@H](O)CC(=C)[C@@H]2C[C@@H]1O. The van der Waals surface area contributed by atoms with E-state index in [2.05, 4.69) is 18.5 Å². The molecule has 7 nitrogen and oxygen atoms in total. The standard InChI is InChI=1S/C19H27NO6/c1-9-6-14(22)17-12(8-20-5-3-4-15(23)24)19(25)26-18(17)16-10(2)13(21)7-11(9)16/h11-14,16-18,20-22H,1-8H2,(H,23,24)/t11-,12-,13-,14-,16-,17+,18+/m0/s1. The molecule has 0 aromatic rings. The van der Waals surface area contributed by atoms with Crippen LogP contribution in [0.25, 0.3) is 0 Å². The summed E-state index contributed by atoms with van der Waals surface area (Å²) in [5, 5.41) is 32.7. The number of esters is 1. The van der Waals surface area contributed by atoms with Crippen LogP contribution in [0.3, 0.4) is 0 Å². The molecule has 1 saturated heterocycles. The van der Waals surface area contributed by atoms with E-state index in [4.69, 9.17) is 9.84 Å². The van der Waals surface area contributed by atoms with Crippen LogP contribution < -0.4 is 5.32 Å². The highest BCUT2D eigenvalue weighted by Crippen LogP contribution is 2.52. The largest absolute Gasteiger partial charge is 0.481 e. The van der Waals surface area contributed by atoms with Crippen molar-refractivity contribution >= 4 is 11.9 Å². The lowest BCUT2D eigenvalue weighted by atomic mass is 9.79. The lowest BCUT2D eigenvalue weighted by Crippen LogP contribution is -2.39. The van der Waals surface area contributed by atoms with Gasteiger partial charge in [-0.1, -0.05) is 18.7 Å². The number of aliphatic carboxylic acids is 1. The van der Waals surface area contributed by atoms with Crippen molar-refractivity contribution in [3.8, 4) is 0 Å². The topological polar surface area (TPSA) is 116 Å². The number of rotatable bonds is 6. The Morgan fingerprint density at radius 3 is 2.73 bits per heavy atom. The van der Waals surface area contributed by atoms with Gasteiger partial charge in [-0.05, 0) is 37.3 Å². The van der Waals surface area contributed by atoms with Crippen LogP contribution in [0.2, 0.25) is 0 Å². The summed E-state index contributed by atoms with van der Waals surface area (Å²) >= 11 is 0. The van der Waals surface area contributed by atoms with Crippen molar-refractivity contribution in [1.82, 2.24) is 5.32 Å². The van der Waals surface area contributed by atoms with Gasteiger partial charge in [0.1, 0.15) is 6.10 Å². The molecule has 3 rings (SSSR count). The highest BCUT2D eigenvalue weighted by Gasteiger charge is 2.57. The molecule has 7 atom stereocenters. The quantitative estimate of drug-likeness (QED) is 0.307. The number of hydrogen-bond acceptors (Lipinski definition) is 6. The predicted molar refractivity (Wildman–Crippen MR) is 93.1 cm³/mol. The van der Waals surface area contributed by atoms with Crippen molar-refractivity contribution in [2.75, 3.05) is 13.1 Å². The molecule has 3 aliphatic rings. The Balaban J connectivity index is 1.72. The van der Waals surface area contributed by atoms with Gasteiger partial charge in [0.15, 0.2) is 0 Å². The summed E-state index contributed by atoms with van der Waals surface area (Å²) in [5.74, 6) is -2.34. The van der Waals surface area contributed by atoms with Crippen molar-refractivity contribution in [3.05, 3.63) is 24.3 Å². The van der Waals surface area contributed by atoms with Gasteiger partial charge < -0.3 is 25.4 Å². The molecule has 2 saturated carbocycles. The number of aliphatic hydroxyl groups is 2. The Hall–Kier alpha value is -1.70. The van der Waals surface area contributed by atoms with E-state index in [1.54, 1.807) is 0 Å². The van der Waals surface area contributed by atoms with E-state index in [0.29, 0.717) is 37.9 Å². The van der Waals surface area contributed by atoms with Crippen LogP contribution in [0.5, 0.6) is 0 Å². The molecule has 1 heterocycles. The minimum Gasteiger partial charge on any atom is -0.481 e. The van der Waals surface area contributed by atoms with Gasteiger partial charge in [0.25, 0.3) is 0 Å². The first-order chi connectivity index (χ1) is 12.3. The number of carbonyl (C=O) groups excluding carboxylic acids is 1. The van der Waals surface area contributed by atoms with Gasteiger partial charge in [0.05, 0.1) is 18.1 Å². The smallest absolute Gasteiger partial charge is 0.311 e. The number of carboxylic acids is 1. The molecule has 3 fully saturated rings. The van der Waals surface area contributed by atoms with Gasteiger partial charge in [-0.3, -0.25) is 9.59 Å². The second-order valence-electron chi connectivity index (χ2n) is 7.68. The summed E-state index contributed by atoms with van der Waals surface area (Å²) in [6, 6.07) is 0. The van der Waals surface area contributed by atoms with Crippen LogP contribution >= 0.6 is 0 Å². The second-order valence-corrected chi connectivity index (χ2v) is 7.68. The Bertz CT molecular complexity index is 617. The van der Waals surface area contributed by atoms with Crippen molar-refractivity contribution in [1.29, 1.82) is 0 Å². The van der Waals surface area contributed by atoms with Gasteiger partial charge in [0, 0.05) is 24.8 Å². The lowest BCUT2D eigenvalue weighted by Gasteiger charge is -2.28. The Morgan fingerprint density at radius 2 is 2.04 bits per heavy atom. The molecular formula is C19H27NO6. The van der Waals surface area contributed by atoms with E-state index in [9.17, 15) is 19.8 Å². The molecule has 0 radical (unpaired) electrons. The molecule has 0 amide bonds. The van der Waals surface area contributed by atoms with E-state index in [1.807, 2.05) is 0 Å². The fraction of sp³-hybridized carbons (Fsp3) is 0.684. The van der Waals surface area contributed by atoms with E-state index in [0.717, 1.165) is 5.57 Å². The maximum Gasteiger partial charge on any atom is 0.311 e. The minimum atomic E-state index is -0.853. The molecule has 2 aliphatic carbocycles. The Kier molecular flexibility index (Phi) is 5.50. The number of hydrogen-bond donors (Lipinski definition) is 4. The zero-order valence-corrected chi connectivity index (χ0v) is 14.8. The van der Waals surface area contributed by atoms with E-state index in [-0.39, 0.29) is 30.1 Å². The zero-order valence-electron chi connectivity index (χ0n) is 14.8. The third-order valence-electron chi connectivity index (χ3n) is 6.07. The minimum absolute atomic E-state index is 0.0303. The summed E-state index contributed by atoms with van der Waals surface area (Å²) < 4.78 is 5.66. The van der Waals surface area contributed by atoms with Gasteiger partial charge in [0.2, 0.25) is 0 Å². The number of ether oxygens (including phenoxy) is 1. The maximum atomic E-state index is 12.4. The fourth-order valence-corrected chi connectivity index (χ4v) is 4.76. The number of aliphatic hydroxyl groups excluding tert-OH is 2. The van der Waals surface area contributed by atoms with Crippen LogP contribution in [-0.4, -0.2) is 58.7 Å². The van der Waals surface area contributed by atoms with Crippen LogP contribution in [0.4, 0.5) is 0 Å². The molecule has 0 spiro atoms. The monoisotopic (exact) mass is 365 g/mol. The van der Waals surface area contributed by atoms with Gasteiger partial charge >= 0.3 is 11.9 Å². The molecule has 0 bridgehead atoms. The van der Waals surface area contributed by atoms with Crippen LogP contribution in [0, 0.1) is 23.7 Å². The summed E-state index contributed by atoms with van der Waals surface area (Å²) in [7, 11) is 0. The van der Waals surface area contributed by atoms with E-state index < -0.39 is 30.2 Å². The van der Waals surface area contributed by atoms with Gasteiger partial charge in [-0.25, -0.2) is 0 Å². The molecule has 26 heavy (non-hydrogen) atoms. The maximum absolute atomic E-state index is 12.4. The van der Waals surface area contributed by atoms with Crippen LogP contribution in [0.1, 0.15) is 25.7 Å². The molecule has 0 unspecified atom stereocenters. The molecular weight excluding hydrogens is 338 g/mol. The van der Waals surface area contributed by atoms with E-state index >= 15 is 0 Å². The third kappa shape index (κ3) is 3.43. The average Bonchev–Trinajstić information content (AvgIpc) is 3.01.